The second-order valence-corrected chi connectivity index (χ2v) is 8.98. The molecule has 0 spiro atoms. The number of amides is 1. The summed E-state index contributed by atoms with van der Waals surface area (Å²) in [5, 5.41) is 38.3. The van der Waals surface area contributed by atoms with E-state index in [0.717, 1.165) is 0 Å². The molecule has 0 saturated carbocycles. The van der Waals surface area contributed by atoms with Gasteiger partial charge in [-0.2, -0.15) is 0 Å². The van der Waals surface area contributed by atoms with Gasteiger partial charge < -0.3 is 20.1 Å². The van der Waals surface area contributed by atoms with Crippen LogP contribution in [0.4, 0.5) is 11.4 Å². The number of nitrogens with zero attached hydrogens (tertiary/aromatic N) is 2. The maximum absolute atomic E-state index is 13.0. The van der Waals surface area contributed by atoms with Crippen molar-refractivity contribution >= 4 is 38.1 Å². The first-order valence-corrected chi connectivity index (χ1v) is 11.6. The summed E-state index contributed by atoms with van der Waals surface area (Å²) in [6.07, 6.45) is 0. The minimum atomic E-state index is -4.04. The fourth-order valence-electron chi connectivity index (χ4n) is 3.36. The maximum Gasteiger partial charge on any atom is 0.302 e. The molecule has 4 rings (SSSR count). The molecule has 10 nitrogen and oxygen atoms in total. The zero-order valence-electron chi connectivity index (χ0n) is 18.2. The monoisotopic (exact) mass is 493 g/mol. The predicted octanol–water partition coefficient (Wildman–Crippen LogP) is 4.69. The third-order valence-corrected chi connectivity index (χ3v) is 6.47. The molecule has 4 aromatic carbocycles. The number of phenolic OH excluding ortho intramolecular Hbond substituents is 3. The zero-order valence-corrected chi connectivity index (χ0v) is 19.0. The summed E-state index contributed by atoms with van der Waals surface area (Å²) in [4.78, 5) is 12.4. The fourth-order valence-corrected chi connectivity index (χ4v) is 4.43. The molecule has 0 aliphatic carbocycles. The first-order valence-electron chi connectivity index (χ1n) is 10.1. The van der Waals surface area contributed by atoms with Crippen LogP contribution in [-0.2, 0) is 10.0 Å². The fraction of sp³-hybridized carbons (Fsp3) is 0.0417. The van der Waals surface area contributed by atoms with Crippen LogP contribution in [0.2, 0.25) is 0 Å². The topological polar surface area (TPSA) is 158 Å². The van der Waals surface area contributed by atoms with Crippen molar-refractivity contribution in [1.82, 2.24) is 0 Å². The summed E-state index contributed by atoms with van der Waals surface area (Å²) < 4.78 is 33.5. The van der Waals surface area contributed by atoms with Gasteiger partial charge in [-0.3, -0.25) is 9.52 Å². The van der Waals surface area contributed by atoms with Gasteiger partial charge in [0.25, 0.3) is 10.0 Å². The molecule has 4 aromatic rings. The van der Waals surface area contributed by atoms with Crippen molar-refractivity contribution in [3.8, 4) is 23.0 Å². The molecule has 1 amide bonds. The van der Waals surface area contributed by atoms with Crippen molar-refractivity contribution in [2.75, 3.05) is 11.8 Å². The summed E-state index contributed by atoms with van der Waals surface area (Å²) in [5.41, 5.74) is -0.586. The number of aromatic hydroxyl groups is 3. The number of sulfonamides is 1. The number of fused-ring (bicyclic) bond motifs is 1. The molecule has 0 aliphatic heterocycles. The van der Waals surface area contributed by atoms with Crippen LogP contribution in [-0.4, -0.2) is 36.8 Å². The summed E-state index contributed by atoms with van der Waals surface area (Å²) >= 11 is 0. The quantitative estimate of drug-likeness (QED) is 0.224. The highest BCUT2D eigenvalue weighted by Crippen LogP contribution is 2.41. The van der Waals surface area contributed by atoms with Gasteiger partial charge in [-0.15, -0.1) is 10.2 Å². The molecular formula is C24H19N3O7S. The van der Waals surface area contributed by atoms with Crippen molar-refractivity contribution in [2.45, 2.75) is 4.90 Å². The smallest absolute Gasteiger partial charge is 0.302 e. The normalized spacial score (nSPS) is 11.6. The molecule has 0 fully saturated rings. The first kappa shape index (κ1) is 23.5. The van der Waals surface area contributed by atoms with Crippen molar-refractivity contribution in [1.29, 1.82) is 0 Å². The Balaban J connectivity index is 1.76. The zero-order chi connectivity index (χ0) is 25.2. The van der Waals surface area contributed by atoms with E-state index in [1.165, 1.54) is 55.6 Å². The van der Waals surface area contributed by atoms with Gasteiger partial charge in [0, 0.05) is 10.8 Å². The molecule has 0 radical (unpaired) electrons. The van der Waals surface area contributed by atoms with E-state index in [1.54, 1.807) is 24.3 Å². The molecular weight excluding hydrogens is 474 g/mol. The number of hydrogen-bond donors (Lipinski definition) is 4. The Labute approximate surface area is 199 Å². The number of phenols is 3. The lowest BCUT2D eigenvalue weighted by Crippen LogP contribution is -2.13. The lowest BCUT2D eigenvalue weighted by molar-refractivity contribution is 0.0989. The van der Waals surface area contributed by atoms with Crippen LogP contribution < -0.4 is 9.46 Å². The van der Waals surface area contributed by atoms with Crippen molar-refractivity contribution < 1.29 is 33.3 Å². The molecule has 0 bridgehead atoms. The second kappa shape index (κ2) is 9.31. The molecule has 4 N–H and O–H groups in total. The van der Waals surface area contributed by atoms with E-state index in [1.807, 2.05) is 0 Å². The van der Waals surface area contributed by atoms with E-state index in [-0.39, 0.29) is 27.4 Å². The molecule has 35 heavy (non-hydrogen) atoms. The average molecular weight is 493 g/mol. The Morgan fingerprint density at radius 2 is 1.51 bits per heavy atom. The largest absolute Gasteiger partial charge is 0.507 e. The minimum absolute atomic E-state index is 0.0242. The summed E-state index contributed by atoms with van der Waals surface area (Å²) in [6, 6.07) is 17.2. The number of methoxy groups -OCH3 is 1. The van der Waals surface area contributed by atoms with Gasteiger partial charge in [-0.1, -0.05) is 30.3 Å². The second-order valence-electron chi connectivity index (χ2n) is 7.29. The molecule has 11 heteroatoms. The van der Waals surface area contributed by atoms with Crippen LogP contribution >= 0.6 is 0 Å². The Kier molecular flexibility index (Phi) is 6.26. The van der Waals surface area contributed by atoms with Gasteiger partial charge in [-0.05, 0) is 42.5 Å². The van der Waals surface area contributed by atoms with Gasteiger partial charge in [0.15, 0.2) is 5.75 Å². The number of ether oxygens (including phenoxy) is 1. The standard InChI is InChI=1S/C24H19N3O7S/c1-34-14-9-11-15(12-10-14)35(32,33)27-18-13-19(23(30)17-6-3-2-5-16(17)18)25-26-24(31)22-20(28)7-4-8-21(22)29/h2-13,27-30H,1H3. The Bertz CT molecular complexity index is 1550. The van der Waals surface area contributed by atoms with Crippen molar-refractivity contribution in [3.63, 3.8) is 0 Å². The van der Waals surface area contributed by atoms with Crippen LogP contribution in [0, 0.1) is 0 Å². The van der Waals surface area contributed by atoms with E-state index in [2.05, 4.69) is 15.0 Å². The lowest BCUT2D eigenvalue weighted by Gasteiger charge is -2.13. The molecule has 0 unspecified atom stereocenters. The van der Waals surface area contributed by atoms with Crippen LogP contribution in [0.15, 0.2) is 87.9 Å². The van der Waals surface area contributed by atoms with E-state index in [0.29, 0.717) is 11.1 Å². The lowest BCUT2D eigenvalue weighted by atomic mass is 10.1. The van der Waals surface area contributed by atoms with Crippen molar-refractivity contribution in [2.24, 2.45) is 10.2 Å². The molecule has 0 atom stereocenters. The number of anilines is 1. The van der Waals surface area contributed by atoms with Crippen LogP contribution in [0.3, 0.4) is 0 Å². The Morgan fingerprint density at radius 1 is 0.886 bits per heavy atom. The third-order valence-electron chi connectivity index (χ3n) is 5.09. The van der Waals surface area contributed by atoms with E-state index in [4.69, 9.17) is 4.74 Å². The highest BCUT2D eigenvalue weighted by atomic mass is 32.2. The van der Waals surface area contributed by atoms with E-state index >= 15 is 0 Å². The molecule has 0 saturated heterocycles. The van der Waals surface area contributed by atoms with Crippen molar-refractivity contribution in [3.05, 3.63) is 78.4 Å². The summed E-state index contributed by atoms with van der Waals surface area (Å²) in [5.74, 6) is -1.91. The molecule has 0 aliphatic rings. The SMILES string of the molecule is COc1ccc(S(=O)(=O)Nc2cc(N=NC(=O)c3c(O)cccc3O)c(O)c3ccccc23)cc1. The highest BCUT2D eigenvalue weighted by Gasteiger charge is 2.20. The van der Waals surface area contributed by atoms with Gasteiger partial charge in [0.1, 0.15) is 28.5 Å². The number of azo groups is 1. The third kappa shape index (κ3) is 4.70. The van der Waals surface area contributed by atoms with Crippen LogP contribution in [0.5, 0.6) is 23.0 Å². The first-order chi connectivity index (χ1) is 16.7. The Hall–Kier alpha value is -4.64. The number of rotatable bonds is 6. The van der Waals surface area contributed by atoms with Gasteiger partial charge in [-0.25, -0.2) is 8.42 Å². The maximum atomic E-state index is 13.0. The van der Waals surface area contributed by atoms with Gasteiger partial charge >= 0.3 is 5.91 Å². The number of hydrogen-bond acceptors (Lipinski definition) is 8. The van der Waals surface area contributed by atoms with Crippen LogP contribution in [0.1, 0.15) is 10.4 Å². The minimum Gasteiger partial charge on any atom is -0.507 e. The predicted molar refractivity (Wildman–Crippen MR) is 128 cm³/mol. The van der Waals surface area contributed by atoms with E-state index in [9.17, 15) is 28.5 Å². The van der Waals surface area contributed by atoms with Gasteiger partial charge in [0.2, 0.25) is 0 Å². The molecule has 0 aromatic heterocycles. The molecule has 0 heterocycles. The number of nitrogens with one attached hydrogen (secondary N) is 1. The van der Waals surface area contributed by atoms with Gasteiger partial charge in [0.05, 0.1) is 17.7 Å². The number of benzene rings is 4. The van der Waals surface area contributed by atoms with Crippen LogP contribution in [0.25, 0.3) is 10.8 Å². The Morgan fingerprint density at radius 3 is 2.14 bits per heavy atom. The number of carbonyl (C=O) groups excluding carboxylic acids is 1. The highest BCUT2D eigenvalue weighted by molar-refractivity contribution is 7.92. The average Bonchev–Trinajstić information content (AvgIpc) is 2.85. The van der Waals surface area contributed by atoms with E-state index < -0.39 is 33.0 Å². The number of carbonyl (C=O) groups is 1. The molecule has 178 valence electrons. The summed E-state index contributed by atoms with van der Waals surface area (Å²) in [6.45, 7) is 0. The summed E-state index contributed by atoms with van der Waals surface area (Å²) in [7, 11) is -2.57.